The molecule has 1 aromatic carbocycles. The minimum atomic E-state index is -0.479. The summed E-state index contributed by atoms with van der Waals surface area (Å²) in [6, 6.07) is 7.81. The molecule has 2 aliphatic rings. The summed E-state index contributed by atoms with van der Waals surface area (Å²) in [4.78, 5) is 33.3. The highest BCUT2D eigenvalue weighted by molar-refractivity contribution is 7.22. The Hall–Kier alpha value is -3.04. The van der Waals surface area contributed by atoms with Crippen LogP contribution >= 0.6 is 11.3 Å². The zero-order valence-corrected chi connectivity index (χ0v) is 18.5. The number of rotatable bonds is 5. The number of pyridine rings is 1. The van der Waals surface area contributed by atoms with E-state index >= 15 is 0 Å². The first kappa shape index (κ1) is 20.8. The predicted molar refractivity (Wildman–Crippen MR) is 123 cm³/mol. The van der Waals surface area contributed by atoms with Crippen LogP contribution in [0.15, 0.2) is 30.5 Å². The maximum atomic E-state index is 12.4. The first-order valence-electron chi connectivity index (χ1n) is 10.8. The molecule has 2 N–H and O–H groups in total. The Bertz CT molecular complexity index is 1170. The molecule has 1 saturated heterocycles. The molecule has 8 nitrogen and oxygen atoms in total. The van der Waals surface area contributed by atoms with Crippen LogP contribution in [-0.4, -0.2) is 41.3 Å². The monoisotopic (exact) mass is 452 g/mol. The van der Waals surface area contributed by atoms with Crippen molar-refractivity contribution in [3.63, 3.8) is 0 Å². The molecule has 2 aromatic heterocycles. The van der Waals surface area contributed by atoms with Crippen molar-refractivity contribution in [2.75, 3.05) is 23.8 Å². The Labute approximate surface area is 189 Å². The molecule has 9 heteroatoms. The van der Waals surface area contributed by atoms with Crippen molar-refractivity contribution >= 4 is 44.4 Å². The van der Waals surface area contributed by atoms with E-state index in [2.05, 4.69) is 20.6 Å². The van der Waals surface area contributed by atoms with E-state index in [9.17, 15) is 9.59 Å². The normalized spacial score (nSPS) is 16.7. The predicted octanol–water partition coefficient (Wildman–Crippen LogP) is 4.74. The summed E-state index contributed by atoms with van der Waals surface area (Å²) in [5.41, 5.74) is 3.98. The SMILES string of the molecule is Cc1ncc(-c2ccc3nc(NC(=O)C4CC4)sc3c2)cc1NC(=O)OC1CCOCC1. The number of benzene rings is 1. The number of carbonyl (C=O) groups is 2. The van der Waals surface area contributed by atoms with E-state index in [0.717, 1.165) is 34.2 Å². The highest BCUT2D eigenvalue weighted by atomic mass is 32.1. The number of aromatic nitrogens is 2. The molecule has 0 unspecified atom stereocenters. The fourth-order valence-corrected chi connectivity index (χ4v) is 4.52. The minimum Gasteiger partial charge on any atom is -0.446 e. The molecular formula is C23H24N4O4S. The molecule has 5 rings (SSSR count). The van der Waals surface area contributed by atoms with Crippen LogP contribution in [0.1, 0.15) is 31.4 Å². The maximum Gasteiger partial charge on any atom is 0.411 e. The molecule has 3 heterocycles. The van der Waals surface area contributed by atoms with Crippen LogP contribution in [0.5, 0.6) is 0 Å². The van der Waals surface area contributed by atoms with Crippen LogP contribution in [-0.2, 0) is 14.3 Å². The van der Waals surface area contributed by atoms with Gasteiger partial charge in [0, 0.05) is 30.5 Å². The lowest BCUT2D eigenvalue weighted by molar-refractivity contribution is -0.117. The Kier molecular flexibility index (Phi) is 5.75. The van der Waals surface area contributed by atoms with Gasteiger partial charge in [-0.3, -0.25) is 15.1 Å². The lowest BCUT2D eigenvalue weighted by Gasteiger charge is -2.22. The molecule has 1 aliphatic carbocycles. The molecule has 3 aromatic rings. The molecule has 32 heavy (non-hydrogen) atoms. The lowest BCUT2D eigenvalue weighted by Crippen LogP contribution is -2.28. The second-order valence-electron chi connectivity index (χ2n) is 8.16. The minimum absolute atomic E-state index is 0.0513. The number of hydrogen-bond acceptors (Lipinski definition) is 7. The highest BCUT2D eigenvalue weighted by Crippen LogP contribution is 2.34. The Morgan fingerprint density at radius 1 is 1.09 bits per heavy atom. The van der Waals surface area contributed by atoms with E-state index in [-0.39, 0.29) is 17.9 Å². The smallest absolute Gasteiger partial charge is 0.411 e. The average Bonchev–Trinajstić information content (AvgIpc) is 3.56. The van der Waals surface area contributed by atoms with Crippen LogP contribution in [0.2, 0.25) is 0 Å². The van der Waals surface area contributed by atoms with Crippen molar-refractivity contribution in [3.8, 4) is 11.1 Å². The first-order valence-corrected chi connectivity index (χ1v) is 11.6. The molecule has 0 radical (unpaired) electrons. The fourth-order valence-electron chi connectivity index (χ4n) is 3.61. The third-order valence-corrected chi connectivity index (χ3v) is 6.60. The lowest BCUT2D eigenvalue weighted by atomic mass is 10.1. The third-order valence-electron chi connectivity index (χ3n) is 5.67. The van der Waals surface area contributed by atoms with Crippen molar-refractivity contribution in [2.45, 2.75) is 38.7 Å². The zero-order chi connectivity index (χ0) is 22.1. The first-order chi connectivity index (χ1) is 15.5. The molecule has 166 valence electrons. The summed E-state index contributed by atoms with van der Waals surface area (Å²) in [6.45, 7) is 3.06. The number of amides is 2. The van der Waals surface area contributed by atoms with Gasteiger partial charge in [0.1, 0.15) is 6.10 Å². The van der Waals surface area contributed by atoms with Gasteiger partial charge in [0.2, 0.25) is 5.91 Å². The van der Waals surface area contributed by atoms with E-state index in [1.165, 1.54) is 11.3 Å². The van der Waals surface area contributed by atoms with E-state index in [1.54, 1.807) is 6.20 Å². The largest absolute Gasteiger partial charge is 0.446 e. The van der Waals surface area contributed by atoms with Crippen LogP contribution in [0, 0.1) is 12.8 Å². The van der Waals surface area contributed by atoms with Crippen LogP contribution in [0.25, 0.3) is 21.3 Å². The second kappa shape index (κ2) is 8.84. The molecule has 0 atom stereocenters. The summed E-state index contributed by atoms with van der Waals surface area (Å²) in [7, 11) is 0. The number of aryl methyl sites for hydroxylation is 1. The van der Waals surface area contributed by atoms with Gasteiger partial charge < -0.3 is 14.8 Å². The number of carbonyl (C=O) groups excluding carboxylic acids is 2. The Morgan fingerprint density at radius 2 is 1.91 bits per heavy atom. The van der Waals surface area contributed by atoms with Gasteiger partial charge in [0.25, 0.3) is 0 Å². The van der Waals surface area contributed by atoms with E-state index in [1.807, 2.05) is 31.2 Å². The summed E-state index contributed by atoms with van der Waals surface area (Å²) < 4.78 is 11.8. The molecule has 2 amide bonds. The second-order valence-corrected chi connectivity index (χ2v) is 9.19. The number of nitrogens with zero attached hydrogens (tertiary/aromatic N) is 2. The van der Waals surface area contributed by atoms with Crippen molar-refractivity contribution < 1.29 is 19.1 Å². The molecule has 1 aliphatic heterocycles. The number of ether oxygens (including phenoxy) is 2. The Morgan fingerprint density at radius 3 is 2.69 bits per heavy atom. The van der Waals surface area contributed by atoms with E-state index in [0.29, 0.717) is 42.6 Å². The number of nitrogens with one attached hydrogen (secondary N) is 2. The van der Waals surface area contributed by atoms with Crippen molar-refractivity contribution in [2.24, 2.45) is 5.92 Å². The van der Waals surface area contributed by atoms with Gasteiger partial charge in [0.05, 0.1) is 34.8 Å². The topological polar surface area (TPSA) is 102 Å². The summed E-state index contributed by atoms with van der Waals surface area (Å²) in [5, 5.41) is 6.36. The van der Waals surface area contributed by atoms with E-state index < -0.39 is 6.09 Å². The van der Waals surface area contributed by atoms with Gasteiger partial charge in [-0.15, -0.1) is 0 Å². The fraction of sp³-hybridized carbons (Fsp3) is 0.391. The van der Waals surface area contributed by atoms with Gasteiger partial charge in [-0.1, -0.05) is 17.4 Å². The Balaban J connectivity index is 1.32. The van der Waals surface area contributed by atoms with Crippen molar-refractivity contribution in [3.05, 3.63) is 36.2 Å². The van der Waals surface area contributed by atoms with Gasteiger partial charge in [-0.05, 0) is 43.5 Å². The van der Waals surface area contributed by atoms with Crippen LogP contribution < -0.4 is 10.6 Å². The molecule has 2 fully saturated rings. The highest BCUT2D eigenvalue weighted by Gasteiger charge is 2.30. The molecule has 0 spiro atoms. The summed E-state index contributed by atoms with van der Waals surface area (Å²) >= 11 is 1.45. The molecule has 0 bridgehead atoms. The third kappa shape index (κ3) is 4.73. The molecular weight excluding hydrogens is 428 g/mol. The number of hydrogen-bond donors (Lipinski definition) is 2. The van der Waals surface area contributed by atoms with Gasteiger partial charge in [-0.25, -0.2) is 9.78 Å². The van der Waals surface area contributed by atoms with Crippen molar-refractivity contribution in [1.29, 1.82) is 0 Å². The van der Waals surface area contributed by atoms with Gasteiger partial charge in [0.15, 0.2) is 5.13 Å². The summed E-state index contributed by atoms with van der Waals surface area (Å²) in [5.74, 6) is 0.190. The molecule has 1 saturated carbocycles. The standard InChI is InChI=1S/C23H24N4O4S/c1-13-19(26-23(29)31-17-6-8-30-9-7-17)10-16(12-24-13)15-4-5-18-20(11-15)32-22(25-18)27-21(28)14-2-3-14/h4-5,10-12,14,17H,2-3,6-9H2,1H3,(H,26,29)(H,25,27,28). The van der Waals surface area contributed by atoms with Gasteiger partial charge >= 0.3 is 6.09 Å². The average molecular weight is 453 g/mol. The number of thiazole rings is 1. The number of fused-ring (bicyclic) bond motifs is 1. The quantitative estimate of drug-likeness (QED) is 0.580. The summed E-state index contributed by atoms with van der Waals surface area (Å²) in [6.07, 6.45) is 4.52. The van der Waals surface area contributed by atoms with Crippen LogP contribution in [0.3, 0.4) is 0 Å². The van der Waals surface area contributed by atoms with Crippen LogP contribution in [0.4, 0.5) is 15.6 Å². The van der Waals surface area contributed by atoms with Crippen molar-refractivity contribution in [1.82, 2.24) is 9.97 Å². The number of anilines is 2. The zero-order valence-electron chi connectivity index (χ0n) is 17.7. The van der Waals surface area contributed by atoms with E-state index in [4.69, 9.17) is 9.47 Å². The van der Waals surface area contributed by atoms with Gasteiger partial charge in [-0.2, -0.15) is 0 Å². The maximum absolute atomic E-state index is 12.4.